The number of carbonyl (C=O) groups excluding carboxylic acids is 1. The molecule has 0 fully saturated rings. The molecule has 2 aromatic carbocycles. The van der Waals surface area contributed by atoms with Crippen LogP contribution in [0.4, 0.5) is 4.39 Å². The Bertz CT molecular complexity index is 589. The Hall–Kier alpha value is -1.52. The minimum Gasteiger partial charge on any atom is -0.351 e. The summed E-state index contributed by atoms with van der Waals surface area (Å²) in [6.45, 7) is 0.331. The molecule has 20 heavy (non-hydrogen) atoms. The lowest BCUT2D eigenvalue weighted by Crippen LogP contribution is -2.24. The second kappa shape index (κ2) is 7.31. The lowest BCUT2D eigenvalue weighted by molar-refractivity contribution is -0.118. The van der Waals surface area contributed by atoms with Crippen LogP contribution in [0.25, 0.3) is 0 Å². The van der Waals surface area contributed by atoms with E-state index in [1.165, 1.54) is 23.9 Å². The first-order chi connectivity index (χ1) is 9.63. The Kier molecular flexibility index (Phi) is 5.44. The van der Waals surface area contributed by atoms with Crippen LogP contribution in [-0.4, -0.2) is 11.7 Å². The largest absolute Gasteiger partial charge is 0.351 e. The lowest BCUT2D eigenvalue weighted by atomic mass is 10.2. The number of amides is 1. The molecular weight excluding hydrogens is 297 g/mol. The van der Waals surface area contributed by atoms with Crippen molar-refractivity contribution in [1.29, 1.82) is 0 Å². The fourth-order valence-electron chi connectivity index (χ4n) is 1.58. The maximum Gasteiger partial charge on any atom is 0.230 e. The molecule has 0 aliphatic heterocycles. The zero-order chi connectivity index (χ0) is 14.4. The molecule has 5 heteroatoms. The average Bonchev–Trinajstić information content (AvgIpc) is 2.45. The van der Waals surface area contributed by atoms with E-state index in [-0.39, 0.29) is 11.7 Å². The summed E-state index contributed by atoms with van der Waals surface area (Å²) >= 11 is 7.22. The van der Waals surface area contributed by atoms with Crippen LogP contribution in [-0.2, 0) is 11.3 Å². The fraction of sp³-hybridized carbons (Fsp3) is 0.133. The lowest BCUT2D eigenvalue weighted by Gasteiger charge is -2.05. The molecule has 0 bridgehead atoms. The van der Waals surface area contributed by atoms with Crippen molar-refractivity contribution in [1.82, 2.24) is 5.32 Å². The highest BCUT2D eigenvalue weighted by Gasteiger charge is 2.03. The van der Waals surface area contributed by atoms with Crippen LogP contribution in [0, 0.1) is 5.82 Å². The summed E-state index contributed by atoms with van der Waals surface area (Å²) in [5, 5.41) is 3.43. The highest BCUT2D eigenvalue weighted by atomic mass is 35.5. The highest BCUT2D eigenvalue weighted by molar-refractivity contribution is 8.00. The third kappa shape index (κ3) is 4.87. The summed E-state index contributed by atoms with van der Waals surface area (Å²) in [6.07, 6.45) is 0. The van der Waals surface area contributed by atoms with Crippen molar-refractivity contribution in [3.63, 3.8) is 0 Å². The quantitative estimate of drug-likeness (QED) is 0.849. The van der Waals surface area contributed by atoms with E-state index in [0.29, 0.717) is 17.3 Å². The van der Waals surface area contributed by atoms with Gasteiger partial charge in [-0.25, -0.2) is 4.39 Å². The molecule has 0 aliphatic rings. The van der Waals surface area contributed by atoms with Crippen molar-refractivity contribution in [2.45, 2.75) is 11.4 Å². The van der Waals surface area contributed by atoms with E-state index in [1.807, 2.05) is 12.1 Å². The maximum atomic E-state index is 13.0. The molecule has 0 atom stereocenters. The summed E-state index contributed by atoms with van der Waals surface area (Å²) in [7, 11) is 0. The second-order valence-corrected chi connectivity index (χ2v) is 5.63. The monoisotopic (exact) mass is 309 g/mol. The molecule has 1 N–H and O–H groups in total. The topological polar surface area (TPSA) is 29.1 Å². The van der Waals surface area contributed by atoms with Gasteiger partial charge in [-0.3, -0.25) is 4.79 Å². The van der Waals surface area contributed by atoms with Crippen molar-refractivity contribution < 1.29 is 9.18 Å². The number of hydrogen-bond acceptors (Lipinski definition) is 2. The molecule has 0 unspecified atom stereocenters. The number of hydrogen-bond donors (Lipinski definition) is 1. The van der Waals surface area contributed by atoms with E-state index < -0.39 is 0 Å². The molecule has 1 amide bonds. The van der Waals surface area contributed by atoms with E-state index in [1.54, 1.807) is 24.3 Å². The van der Waals surface area contributed by atoms with E-state index >= 15 is 0 Å². The number of halogens is 2. The average molecular weight is 310 g/mol. The van der Waals surface area contributed by atoms with Crippen molar-refractivity contribution >= 4 is 29.3 Å². The summed E-state index contributed by atoms with van der Waals surface area (Å²) in [4.78, 5) is 12.7. The Morgan fingerprint density at radius 1 is 1.20 bits per heavy atom. The molecular formula is C15H13ClFNOS. The molecule has 0 saturated heterocycles. The molecule has 2 rings (SSSR count). The SMILES string of the molecule is O=C(CSc1ccc(Cl)cc1)NCc1cccc(F)c1. The standard InChI is InChI=1S/C15H13ClFNOS/c16-12-4-6-14(7-5-12)20-10-15(19)18-9-11-2-1-3-13(17)8-11/h1-8H,9-10H2,(H,18,19). The van der Waals surface area contributed by atoms with Gasteiger partial charge in [0.2, 0.25) is 5.91 Å². The van der Waals surface area contributed by atoms with Gasteiger partial charge in [-0.05, 0) is 42.0 Å². The molecule has 0 spiro atoms. The summed E-state index contributed by atoms with van der Waals surface area (Å²) in [5.74, 6) is -0.0711. The van der Waals surface area contributed by atoms with Gasteiger partial charge in [0.25, 0.3) is 0 Å². The number of rotatable bonds is 5. The first kappa shape index (κ1) is 14.9. The second-order valence-electron chi connectivity index (χ2n) is 4.15. The zero-order valence-corrected chi connectivity index (χ0v) is 12.2. The molecule has 0 heterocycles. The van der Waals surface area contributed by atoms with Gasteiger partial charge in [0.1, 0.15) is 5.82 Å². The molecule has 0 aliphatic carbocycles. The van der Waals surface area contributed by atoms with E-state index in [0.717, 1.165) is 10.5 Å². The van der Waals surface area contributed by atoms with Gasteiger partial charge in [0.15, 0.2) is 0 Å². The third-order valence-electron chi connectivity index (χ3n) is 2.56. The molecule has 0 aromatic heterocycles. The molecule has 0 radical (unpaired) electrons. The van der Waals surface area contributed by atoms with Gasteiger partial charge < -0.3 is 5.32 Å². The van der Waals surface area contributed by atoms with Gasteiger partial charge in [0.05, 0.1) is 5.75 Å². The van der Waals surface area contributed by atoms with Crippen LogP contribution in [0.5, 0.6) is 0 Å². The molecule has 2 nitrogen and oxygen atoms in total. The van der Waals surface area contributed by atoms with Gasteiger partial charge in [-0.1, -0.05) is 23.7 Å². The van der Waals surface area contributed by atoms with Crippen molar-refractivity contribution in [3.05, 3.63) is 64.9 Å². The van der Waals surface area contributed by atoms with Crippen LogP contribution in [0.3, 0.4) is 0 Å². The highest BCUT2D eigenvalue weighted by Crippen LogP contribution is 2.19. The maximum absolute atomic E-state index is 13.0. The van der Waals surface area contributed by atoms with Crippen molar-refractivity contribution in [3.8, 4) is 0 Å². The normalized spacial score (nSPS) is 10.3. The zero-order valence-electron chi connectivity index (χ0n) is 10.6. The molecule has 0 saturated carbocycles. The minimum absolute atomic E-state index is 0.0887. The third-order valence-corrected chi connectivity index (χ3v) is 3.83. The minimum atomic E-state index is -0.299. The van der Waals surface area contributed by atoms with Crippen molar-refractivity contribution in [2.24, 2.45) is 0 Å². The van der Waals surface area contributed by atoms with Gasteiger partial charge >= 0.3 is 0 Å². The van der Waals surface area contributed by atoms with Crippen molar-refractivity contribution in [2.75, 3.05) is 5.75 Å². The van der Waals surface area contributed by atoms with Gasteiger partial charge in [-0.15, -0.1) is 11.8 Å². The first-order valence-electron chi connectivity index (χ1n) is 6.03. The van der Waals surface area contributed by atoms with Crippen LogP contribution >= 0.6 is 23.4 Å². The number of nitrogens with one attached hydrogen (secondary N) is 1. The molecule has 2 aromatic rings. The Labute approximate surface area is 126 Å². The first-order valence-corrected chi connectivity index (χ1v) is 7.39. The summed E-state index contributed by atoms with van der Waals surface area (Å²) < 4.78 is 13.0. The predicted octanol–water partition coefficient (Wildman–Crippen LogP) is 3.89. The van der Waals surface area contributed by atoms with Crippen LogP contribution in [0.15, 0.2) is 53.4 Å². The summed E-state index contributed by atoms with van der Waals surface area (Å²) in [6, 6.07) is 13.5. The number of thioether (sulfide) groups is 1. The summed E-state index contributed by atoms with van der Waals surface area (Å²) in [5.41, 5.74) is 0.745. The van der Waals surface area contributed by atoms with Crippen LogP contribution < -0.4 is 5.32 Å². The predicted molar refractivity (Wildman–Crippen MR) is 80.4 cm³/mol. The van der Waals surface area contributed by atoms with Gasteiger partial charge in [0, 0.05) is 16.5 Å². The number of carbonyl (C=O) groups is 1. The van der Waals surface area contributed by atoms with Gasteiger partial charge in [-0.2, -0.15) is 0 Å². The van der Waals surface area contributed by atoms with Crippen LogP contribution in [0.2, 0.25) is 5.02 Å². The van der Waals surface area contributed by atoms with E-state index in [9.17, 15) is 9.18 Å². The number of benzene rings is 2. The molecule has 104 valence electrons. The van der Waals surface area contributed by atoms with E-state index in [4.69, 9.17) is 11.6 Å². The Morgan fingerprint density at radius 2 is 1.95 bits per heavy atom. The van der Waals surface area contributed by atoms with Crippen LogP contribution in [0.1, 0.15) is 5.56 Å². The van der Waals surface area contributed by atoms with E-state index in [2.05, 4.69) is 5.32 Å². The Morgan fingerprint density at radius 3 is 2.65 bits per heavy atom. The fourth-order valence-corrected chi connectivity index (χ4v) is 2.43. The smallest absolute Gasteiger partial charge is 0.230 e. The Balaban J connectivity index is 1.77.